The number of methoxy groups -OCH3 is 1. The summed E-state index contributed by atoms with van der Waals surface area (Å²) in [7, 11) is 5.47. The monoisotopic (exact) mass is 441 g/mol. The number of imide groups is 1. The maximum Gasteiger partial charge on any atom is 0.282 e. The van der Waals surface area contributed by atoms with E-state index in [1.165, 1.54) is 4.90 Å². The van der Waals surface area contributed by atoms with E-state index in [1.54, 1.807) is 25.3 Å². The lowest BCUT2D eigenvalue weighted by atomic mass is 9.99. The third-order valence-corrected chi connectivity index (χ3v) is 5.84. The van der Waals surface area contributed by atoms with E-state index in [1.807, 2.05) is 81.4 Å². The molecule has 0 atom stereocenters. The highest BCUT2D eigenvalue weighted by molar-refractivity contribution is 6.46. The SMILES string of the molecule is COc1cccc(NC2=C(c3ccc(C)c(C)c3)C(=O)N(c3ccc(N(C)C)cc3)C2=O)c1. The third kappa shape index (κ3) is 4.20. The van der Waals surface area contributed by atoms with E-state index in [9.17, 15) is 9.59 Å². The number of benzene rings is 3. The van der Waals surface area contributed by atoms with E-state index in [0.29, 0.717) is 28.3 Å². The van der Waals surface area contributed by atoms with Gasteiger partial charge in [0.05, 0.1) is 18.4 Å². The maximum atomic E-state index is 13.6. The fourth-order valence-electron chi connectivity index (χ4n) is 3.79. The Labute approximate surface area is 194 Å². The van der Waals surface area contributed by atoms with E-state index >= 15 is 0 Å². The fourth-order valence-corrected chi connectivity index (χ4v) is 3.79. The van der Waals surface area contributed by atoms with Gasteiger partial charge in [-0.3, -0.25) is 9.59 Å². The molecule has 6 heteroatoms. The highest BCUT2D eigenvalue weighted by atomic mass is 16.5. The lowest BCUT2D eigenvalue weighted by molar-refractivity contribution is -0.120. The van der Waals surface area contributed by atoms with Crippen LogP contribution in [0.15, 0.2) is 72.4 Å². The fraction of sp³-hybridized carbons (Fsp3) is 0.185. The van der Waals surface area contributed by atoms with Crippen LogP contribution >= 0.6 is 0 Å². The number of anilines is 3. The molecule has 0 radical (unpaired) electrons. The van der Waals surface area contributed by atoms with Crippen LogP contribution in [0.1, 0.15) is 16.7 Å². The molecule has 0 bridgehead atoms. The Bertz CT molecular complexity index is 1260. The molecule has 0 fully saturated rings. The van der Waals surface area contributed by atoms with Gasteiger partial charge in [0.25, 0.3) is 11.8 Å². The Hall–Kier alpha value is -4.06. The van der Waals surface area contributed by atoms with Gasteiger partial charge in [-0.15, -0.1) is 0 Å². The van der Waals surface area contributed by atoms with Crippen LogP contribution in [0, 0.1) is 13.8 Å². The van der Waals surface area contributed by atoms with E-state index < -0.39 is 5.91 Å². The average Bonchev–Trinajstić information content (AvgIpc) is 3.05. The maximum absolute atomic E-state index is 13.6. The quantitative estimate of drug-likeness (QED) is 0.558. The molecule has 6 nitrogen and oxygen atoms in total. The van der Waals surface area contributed by atoms with Gasteiger partial charge in [-0.25, -0.2) is 4.90 Å². The van der Waals surface area contributed by atoms with Gasteiger partial charge in [-0.05, 0) is 66.9 Å². The number of hydrogen-bond acceptors (Lipinski definition) is 5. The Morgan fingerprint density at radius 3 is 2.21 bits per heavy atom. The summed E-state index contributed by atoms with van der Waals surface area (Å²) in [6.45, 7) is 4.01. The predicted molar refractivity (Wildman–Crippen MR) is 133 cm³/mol. The van der Waals surface area contributed by atoms with Crippen molar-refractivity contribution >= 4 is 34.4 Å². The van der Waals surface area contributed by atoms with Crippen molar-refractivity contribution in [2.75, 3.05) is 36.3 Å². The zero-order chi connectivity index (χ0) is 23.7. The molecule has 2 amide bonds. The van der Waals surface area contributed by atoms with E-state index in [0.717, 1.165) is 16.8 Å². The van der Waals surface area contributed by atoms with Gasteiger partial charge < -0.3 is 15.0 Å². The highest BCUT2D eigenvalue weighted by Gasteiger charge is 2.40. The van der Waals surface area contributed by atoms with Gasteiger partial charge in [0.2, 0.25) is 0 Å². The largest absolute Gasteiger partial charge is 0.497 e. The summed E-state index contributed by atoms with van der Waals surface area (Å²) in [6, 6.07) is 20.4. The first-order valence-electron chi connectivity index (χ1n) is 10.7. The number of nitrogens with zero attached hydrogens (tertiary/aromatic N) is 2. The number of ether oxygens (including phenoxy) is 1. The second-order valence-corrected chi connectivity index (χ2v) is 8.26. The Morgan fingerprint density at radius 2 is 1.58 bits per heavy atom. The molecule has 1 aliphatic rings. The number of aryl methyl sites for hydroxylation is 2. The molecular formula is C27H27N3O3. The number of carbonyl (C=O) groups is 2. The average molecular weight is 442 g/mol. The molecule has 0 saturated heterocycles. The summed E-state index contributed by atoms with van der Waals surface area (Å²) in [6.07, 6.45) is 0. The molecule has 4 rings (SSSR count). The molecule has 0 unspecified atom stereocenters. The van der Waals surface area contributed by atoms with Crippen LogP contribution < -0.4 is 19.9 Å². The summed E-state index contributed by atoms with van der Waals surface area (Å²) >= 11 is 0. The lowest BCUT2D eigenvalue weighted by Gasteiger charge is -2.18. The summed E-state index contributed by atoms with van der Waals surface area (Å²) in [4.78, 5) is 30.4. The Morgan fingerprint density at radius 1 is 0.848 bits per heavy atom. The summed E-state index contributed by atoms with van der Waals surface area (Å²) in [5.41, 5.74) is 5.64. The van der Waals surface area contributed by atoms with Crippen LogP contribution in [-0.4, -0.2) is 33.0 Å². The number of rotatable bonds is 6. The minimum atomic E-state index is -0.395. The third-order valence-electron chi connectivity index (χ3n) is 5.84. The standard InChI is InChI=1S/C27H27N3O3/c1-17-9-10-19(15-18(17)2)24-25(28-20-7-6-8-23(16-20)33-5)27(32)30(26(24)31)22-13-11-21(12-14-22)29(3)4/h6-16,28H,1-5H3. The predicted octanol–water partition coefficient (Wildman–Crippen LogP) is 4.77. The number of carbonyl (C=O) groups excluding carboxylic acids is 2. The molecule has 1 N–H and O–H groups in total. The van der Waals surface area contributed by atoms with Crippen LogP contribution in [0.25, 0.3) is 5.57 Å². The van der Waals surface area contributed by atoms with Crippen molar-refractivity contribution in [2.45, 2.75) is 13.8 Å². The van der Waals surface area contributed by atoms with E-state index in [4.69, 9.17) is 4.74 Å². The first-order chi connectivity index (χ1) is 15.8. The number of amides is 2. The van der Waals surface area contributed by atoms with Gasteiger partial charge in [0, 0.05) is 31.5 Å². The molecule has 33 heavy (non-hydrogen) atoms. The molecule has 0 saturated carbocycles. The molecule has 3 aromatic rings. The zero-order valence-corrected chi connectivity index (χ0v) is 19.5. The normalized spacial score (nSPS) is 13.5. The number of nitrogens with one attached hydrogen (secondary N) is 1. The topological polar surface area (TPSA) is 61.9 Å². The smallest absolute Gasteiger partial charge is 0.282 e. The highest BCUT2D eigenvalue weighted by Crippen LogP contribution is 2.35. The summed E-state index contributed by atoms with van der Waals surface area (Å²) in [5, 5.41) is 3.19. The van der Waals surface area contributed by atoms with Crippen molar-refractivity contribution in [1.82, 2.24) is 0 Å². The molecule has 1 heterocycles. The van der Waals surface area contributed by atoms with Gasteiger partial charge in [0.15, 0.2) is 0 Å². The molecule has 168 valence electrons. The van der Waals surface area contributed by atoms with E-state index in [2.05, 4.69) is 5.32 Å². The van der Waals surface area contributed by atoms with Gasteiger partial charge in [0.1, 0.15) is 11.4 Å². The van der Waals surface area contributed by atoms with Crippen molar-refractivity contribution < 1.29 is 14.3 Å². The molecule has 0 spiro atoms. The second-order valence-electron chi connectivity index (χ2n) is 8.26. The van der Waals surface area contributed by atoms with Gasteiger partial charge in [-0.2, -0.15) is 0 Å². The molecule has 0 aliphatic carbocycles. The molecule has 1 aliphatic heterocycles. The van der Waals surface area contributed by atoms with Crippen molar-refractivity contribution in [3.8, 4) is 5.75 Å². The van der Waals surface area contributed by atoms with Crippen LogP contribution in [0.5, 0.6) is 5.75 Å². The van der Waals surface area contributed by atoms with Crippen LogP contribution in [0.4, 0.5) is 17.1 Å². The van der Waals surface area contributed by atoms with Gasteiger partial charge in [-0.1, -0.05) is 24.3 Å². The first-order valence-corrected chi connectivity index (χ1v) is 10.7. The molecule has 0 aromatic heterocycles. The van der Waals surface area contributed by atoms with Crippen LogP contribution in [0.2, 0.25) is 0 Å². The first kappa shape index (κ1) is 22.1. The van der Waals surface area contributed by atoms with E-state index in [-0.39, 0.29) is 11.6 Å². The Balaban J connectivity index is 1.80. The minimum absolute atomic E-state index is 0.244. The summed E-state index contributed by atoms with van der Waals surface area (Å²) in [5.74, 6) is -0.0962. The summed E-state index contributed by atoms with van der Waals surface area (Å²) < 4.78 is 5.31. The van der Waals surface area contributed by atoms with Gasteiger partial charge >= 0.3 is 0 Å². The molecule has 3 aromatic carbocycles. The zero-order valence-electron chi connectivity index (χ0n) is 19.5. The van der Waals surface area contributed by atoms with Crippen LogP contribution in [0.3, 0.4) is 0 Å². The van der Waals surface area contributed by atoms with Crippen molar-refractivity contribution in [3.63, 3.8) is 0 Å². The van der Waals surface area contributed by atoms with Crippen LogP contribution in [-0.2, 0) is 9.59 Å². The van der Waals surface area contributed by atoms with Crippen molar-refractivity contribution in [1.29, 1.82) is 0 Å². The van der Waals surface area contributed by atoms with Crippen molar-refractivity contribution in [2.24, 2.45) is 0 Å². The Kier molecular flexibility index (Phi) is 5.92. The molecular weight excluding hydrogens is 414 g/mol. The number of hydrogen-bond donors (Lipinski definition) is 1. The second kappa shape index (κ2) is 8.82. The lowest BCUT2D eigenvalue weighted by Crippen LogP contribution is -2.32. The van der Waals surface area contributed by atoms with Crippen molar-refractivity contribution in [3.05, 3.63) is 89.1 Å². The minimum Gasteiger partial charge on any atom is -0.497 e.